The van der Waals surface area contributed by atoms with E-state index < -0.39 is 6.36 Å². The van der Waals surface area contributed by atoms with Crippen LogP contribution in [0.25, 0.3) is 0 Å². The number of rotatable bonds is 5. The van der Waals surface area contributed by atoms with Crippen LogP contribution in [-0.4, -0.2) is 32.0 Å². The summed E-state index contributed by atoms with van der Waals surface area (Å²) >= 11 is 0. The van der Waals surface area contributed by atoms with Gasteiger partial charge in [-0.15, -0.1) is 13.2 Å². The Morgan fingerprint density at radius 1 is 1.33 bits per heavy atom. The number of nitrogens with one attached hydrogen (secondary N) is 1. The van der Waals surface area contributed by atoms with Crippen LogP contribution < -0.4 is 15.0 Å². The van der Waals surface area contributed by atoms with Gasteiger partial charge >= 0.3 is 6.36 Å². The Morgan fingerprint density at radius 3 is 2.81 bits per heavy atom. The van der Waals surface area contributed by atoms with Crippen LogP contribution in [0.2, 0.25) is 0 Å². The summed E-state index contributed by atoms with van der Waals surface area (Å²) in [5, 5.41) is 3.43. The fourth-order valence-corrected chi connectivity index (χ4v) is 2.64. The minimum atomic E-state index is -4.66. The van der Waals surface area contributed by atoms with Crippen molar-refractivity contribution in [2.24, 2.45) is 0 Å². The van der Waals surface area contributed by atoms with Gasteiger partial charge in [0.15, 0.2) is 5.75 Å². The van der Waals surface area contributed by atoms with E-state index in [0.717, 1.165) is 32.4 Å². The highest BCUT2D eigenvalue weighted by atomic mass is 19.4. The molecule has 21 heavy (non-hydrogen) atoms. The van der Waals surface area contributed by atoms with E-state index in [1.165, 1.54) is 6.07 Å². The predicted octanol–water partition coefficient (Wildman–Crippen LogP) is 3.55. The fraction of sp³-hybridized carbons (Fsp3) is 0.600. The lowest BCUT2D eigenvalue weighted by Gasteiger charge is -2.35. The first-order chi connectivity index (χ1) is 9.99. The van der Waals surface area contributed by atoms with Crippen LogP contribution in [0.15, 0.2) is 24.3 Å². The van der Waals surface area contributed by atoms with Crippen molar-refractivity contribution < 1.29 is 17.9 Å². The van der Waals surface area contributed by atoms with Gasteiger partial charge in [0.1, 0.15) is 0 Å². The number of hydrogen-bond donors (Lipinski definition) is 1. The molecule has 1 N–H and O–H groups in total. The number of benzene rings is 1. The molecule has 0 aromatic heterocycles. The second-order valence-corrected chi connectivity index (χ2v) is 5.25. The first-order valence-corrected chi connectivity index (χ1v) is 7.32. The van der Waals surface area contributed by atoms with Crippen LogP contribution in [0.5, 0.6) is 5.75 Å². The molecular formula is C15H21F3N2O. The minimum Gasteiger partial charge on any atom is -0.404 e. The molecule has 0 amide bonds. The van der Waals surface area contributed by atoms with Crippen LogP contribution in [0, 0.1) is 0 Å². The van der Waals surface area contributed by atoms with Gasteiger partial charge in [0.25, 0.3) is 0 Å². The predicted molar refractivity (Wildman–Crippen MR) is 76.7 cm³/mol. The summed E-state index contributed by atoms with van der Waals surface area (Å²) in [4.78, 5) is 1.97. The molecule has 2 rings (SSSR count). The molecule has 0 spiro atoms. The van der Waals surface area contributed by atoms with E-state index in [-0.39, 0.29) is 5.75 Å². The Labute approximate surface area is 123 Å². The van der Waals surface area contributed by atoms with Gasteiger partial charge in [-0.1, -0.05) is 19.1 Å². The minimum absolute atomic E-state index is 0.124. The maximum Gasteiger partial charge on any atom is 0.573 e. The molecule has 0 saturated carbocycles. The molecule has 0 aliphatic carbocycles. The summed E-state index contributed by atoms with van der Waals surface area (Å²) in [6.07, 6.45) is -1.60. The molecule has 1 atom stereocenters. The lowest BCUT2D eigenvalue weighted by molar-refractivity contribution is -0.274. The zero-order chi connectivity index (χ0) is 15.3. The molecule has 0 bridgehead atoms. The number of piperidine rings is 1. The average molecular weight is 302 g/mol. The van der Waals surface area contributed by atoms with E-state index >= 15 is 0 Å². The third-order valence-electron chi connectivity index (χ3n) is 3.54. The summed E-state index contributed by atoms with van der Waals surface area (Å²) in [5.74, 6) is -0.124. The van der Waals surface area contributed by atoms with Crippen LogP contribution in [0.1, 0.15) is 26.2 Å². The van der Waals surface area contributed by atoms with Crippen molar-refractivity contribution in [1.82, 2.24) is 5.32 Å². The SMILES string of the molecule is CCCNC1CCCN(c2ccccc2OC(F)(F)F)C1. The fourth-order valence-electron chi connectivity index (χ4n) is 2.64. The number of hydrogen-bond acceptors (Lipinski definition) is 3. The van der Waals surface area contributed by atoms with Crippen LogP contribution >= 0.6 is 0 Å². The van der Waals surface area contributed by atoms with Crippen molar-refractivity contribution in [2.45, 2.75) is 38.6 Å². The number of alkyl halides is 3. The van der Waals surface area contributed by atoms with Gasteiger partial charge in [0, 0.05) is 19.1 Å². The maximum atomic E-state index is 12.5. The highest BCUT2D eigenvalue weighted by Gasteiger charge is 2.33. The number of anilines is 1. The Bertz CT molecular complexity index is 451. The topological polar surface area (TPSA) is 24.5 Å². The van der Waals surface area contributed by atoms with E-state index in [4.69, 9.17) is 0 Å². The Balaban J connectivity index is 2.10. The number of nitrogens with zero attached hydrogens (tertiary/aromatic N) is 1. The van der Waals surface area contributed by atoms with Crippen LogP contribution in [0.4, 0.5) is 18.9 Å². The molecule has 1 aliphatic rings. The molecule has 1 unspecified atom stereocenters. The highest BCUT2D eigenvalue weighted by Crippen LogP contribution is 2.34. The van der Waals surface area contributed by atoms with Crippen molar-refractivity contribution in [2.75, 3.05) is 24.5 Å². The van der Waals surface area contributed by atoms with Gasteiger partial charge < -0.3 is 15.0 Å². The summed E-state index contributed by atoms with van der Waals surface area (Å²) in [5.41, 5.74) is 0.512. The standard InChI is InChI=1S/C15H21F3N2O/c1-2-9-19-12-6-5-10-20(11-12)13-7-3-4-8-14(13)21-15(16,17)18/h3-4,7-8,12,19H,2,5-6,9-11H2,1H3. The van der Waals surface area contributed by atoms with Gasteiger partial charge in [0.05, 0.1) is 5.69 Å². The molecule has 118 valence electrons. The first-order valence-electron chi connectivity index (χ1n) is 7.32. The molecule has 1 fully saturated rings. The average Bonchev–Trinajstić information content (AvgIpc) is 2.44. The normalized spacial score (nSPS) is 19.6. The van der Waals surface area contributed by atoms with E-state index in [9.17, 15) is 13.2 Å². The molecule has 1 saturated heterocycles. The quantitative estimate of drug-likeness (QED) is 0.900. The van der Waals surface area contributed by atoms with Gasteiger partial charge in [-0.3, -0.25) is 0 Å². The third-order valence-corrected chi connectivity index (χ3v) is 3.54. The Hall–Kier alpha value is -1.43. The Kier molecular flexibility index (Phi) is 5.33. The number of halogens is 3. The van der Waals surface area contributed by atoms with Gasteiger partial charge in [-0.05, 0) is 37.9 Å². The molecule has 1 heterocycles. The van der Waals surface area contributed by atoms with E-state index in [1.54, 1.807) is 18.2 Å². The van der Waals surface area contributed by atoms with Crippen LogP contribution in [0.3, 0.4) is 0 Å². The molecule has 3 nitrogen and oxygen atoms in total. The molecule has 1 aromatic rings. The van der Waals surface area contributed by atoms with E-state index in [1.807, 2.05) is 4.90 Å². The van der Waals surface area contributed by atoms with E-state index in [0.29, 0.717) is 18.3 Å². The van der Waals surface area contributed by atoms with Crippen molar-refractivity contribution in [1.29, 1.82) is 0 Å². The second kappa shape index (κ2) is 7.02. The third kappa shape index (κ3) is 4.81. The lowest BCUT2D eigenvalue weighted by atomic mass is 10.0. The molecule has 1 aromatic carbocycles. The van der Waals surface area contributed by atoms with Crippen molar-refractivity contribution in [3.63, 3.8) is 0 Å². The van der Waals surface area contributed by atoms with E-state index in [2.05, 4.69) is 17.0 Å². The van der Waals surface area contributed by atoms with Crippen molar-refractivity contribution in [3.8, 4) is 5.75 Å². The van der Waals surface area contributed by atoms with Crippen LogP contribution in [-0.2, 0) is 0 Å². The molecule has 1 aliphatic heterocycles. The molecule has 0 radical (unpaired) electrons. The largest absolute Gasteiger partial charge is 0.573 e. The van der Waals surface area contributed by atoms with Crippen molar-refractivity contribution in [3.05, 3.63) is 24.3 Å². The molecular weight excluding hydrogens is 281 g/mol. The summed E-state index contributed by atoms with van der Waals surface area (Å²) in [6, 6.07) is 6.66. The summed E-state index contributed by atoms with van der Waals surface area (Å²) in [7, 11) is 0. The number of para-hydroxylation sites is 2. The summed E-state index contributed by atoms with van der Waals surface area (Å²) < 4.78 is 41.6. The summed E-state index contributed by atoms with van der Waals surface area (Å²) in [6.45, 7) is 4.49. The molecule has 6 heteroatoms. The van der Waals surface area contributed by atoms with Gasteiger partial charge in [-0.25, -0.2) is 0 Å². The first kappa shape index (κ1) is 15.9. The zero-order valence-electron chi connectivity index (χ0n) is 12.1. The van der Waals surface area contributed by atoms with Gasteiger partial charge in [0.2, 0.25) is 0 Å². The highest BCUT2D eigenvalue weighted by molar-refractivity contribution is 5.58. The Morgan fingerprint density at radius 2 is 2.10 bits per heavy atom. The monoisotopic (exact) mass is 302 g/mol. The smallest absolute Gasteiger partial charge is 0.404 e. The lowest BCUT2D eigenvalue weighted by Crippen LogP contribution is -2.46. The van der Waals surface area contributed by atoms with Crippen molar-refractivity contribution >= 4 is 5.69 Å². The van der Waals surface area contributed by atoms with Gasteiger partial charge in [-0.2, -0.15) is 0 Å². The number of ether oxygens (including phenoxy) is 1. The maximum absolute atomic E-state index is 12.5. The second-order valence-electron chi connectivity index (χ2n) is 5.25. The zero-order valence-corrected chi connectivity index (χ0v) is 12.1.